The first kappa shape index (κ1) is 19.1. The summed E-state index contributed by atoms with van der Waals surface area (Å²) < 4.78 is 4.71. The van der Waals surface area contributed by atoms with Crippen LogP contribution < -0.4 is 10.6 Å². The Bertz CT molecular complexity index is 823. The monoisotopic (exact) mass is 399 g/mol. The summed E-state index contributed by atoms with van der Waals surface area (Å²) in [6.45, 7) is 0. The Morgan fingerprint density at radius 2 is 2.12 bits per heavy atom. The number of carbonyl (C=O) groups excluding carboxylic acids is 3. The minimum absolute atomic E-state index is 0.0776. The molecular formula is C15H11Cl2N3O4S. The zero-order chi connectivity index (χ0) is 18.8. The van der Waals surface area contributed by atoms with Crippen molar-refractivity contribution in [2.75, 3.05) is 7.11 Å². The first-order chi connectivity index (χ1) is 11.7. The molecule has 1 saturated heterocycles. The van der Waals surface area contributed by atoms with E-state index in [9.17, 15) is 19.6 Å². The number of hydrogen-bond acceptors (Lipinski definition) is 6. The van der Waals surface area contributed by atoms with Crippen LogP contribution in [0.3, 0.4) is 0 Å². The number of ketones is 1. The lowest BCUT2D eigenvalue weighted by Gasteiger charge is -2.38. The van der Waals surface area contributed by atoms with Gasteiger partial charge in [0.15, 0.2) is 22.4 Å². The zero-order valence-electron chi connectivity index (χ0n) is 12.8. The van der Waals surface area contributed by atoms with Gasteiger partial charge in [-0.05, 0) is 30.4 Å². The topological polar surface area (TPSA) is 108 Å². The molecular weight excluding hydrogens is 389 g/mol. The van der Waals surface area contributed by atoms with E-state index in [0.717, 1.165) is 7.11 Å². The highest BCUT2D eigenvalue weighted by atomic mass is 35.5. The van der Waals surface area contributed by atoms with Gasteiger partial charge in [0.2, 0.25) is 5.91 Å². The van der Waals surface area contributed by atoms with Crippen LogP contribution in [-0.4, -0.2) is 35.4 Å². The minimum Gasteiger partial charge on any atom is -0.467 e. The summed E-state index contributed by atoms with van der Waals surface area (Å²) in [6.07, 6.45) is -0.563. The van der Waals surface area contributed by atoms with Crippen molar-refractivity contribution in [3.63, 3.8) is 0 Å². The van der Waals surface area contributed by atoms with E-state index in [-0.39, 0.29) is 15.7 Å². The maximum absolute atomic E-state index is 12.7. The molecule has 25 heavy (non-hydrogen) atoms. The molecule has 0 unspecified atom stereocenters. The number of rotatable bonds is 4. The van der Waals surface area contributed by atoms with Gasteiger partial charge in [-0.15, -0.1) is 0 Å². The molecule has 0 bridgehead atoms. The van der Waals surface area contributed by atoms with Gasteiger partial charge in [0.05, 0.1) is 18.2 Å². The molecule has 1 aromatic carbocycles. The van der Waals surface area contributed by atoms with Crippen molar-refractivity contribution in [1.29, 1.82) is 5.26 Å². The number of nitrogens with zero attached hydrogens (tertiary/aromatic N) is 1. The van der Waals surface area contributed by atoms with Crippen molar-refractivity contribution in [2.45, 2.75) is 12.0 Å². The average Bonchev–Trinajstić information content (AvgIpc) is 2.53. The molecule has 7 nitrogen and oxygen atoms in total. The second-order valence-corrected chi connectivity index (χ2v) is 6.44. The molecule has 1 aliphatic rings. The lowest BCUT2D eigenvalue weighted by molar-refractivity contribution is -0.152. The van der Waals surface area contributed by atoms with Crippen LogP contribution in [0.25, 0.3) is 0 Å². The number of benzene rings is 1. The van der Waals surface area contributed by atoms with Crippen LogP contribution in [0.1, 0.15) is 16.8 Å². The average molecular weight is 400 g/mol. The van der Waals surface area contributed by atoms with Crippen LogP contribution in [0.4, 0.5) is 0 Å². The number of thiocarbonyl (C=S) groups is 1. The summed E-state index contributed by atoms with van der Waals surface area (Å²) in [6, 6.07) is 5.94. The third-order valence-electron chi connectivity index (χ3n) is 3.68. The van der Waals surface area contributed by atoms with Crippen molar-refractivity contribution in [2.24, 2.45) is 5.92 Å². The molecule has 0 saturated carbocycles. The number of amides is 1. The Morgan fingerprint density at radius 1 is 1.44 bits per heavy atom. The maximum atomic E-state index is 12.7. The van der Waals surface area contributed by atoms with Crippen molar-refractivity contribution < 1.29 is 19.1 Å². The molecule has 0 spiro atoms. The van der Waals surface area contributed by atoms with Gasteiger partial charge in [-0.3, -0.25) is 9.59 Å². The lowest BCUT2D eigenvalue weighted by Crippen LogP contribution is -2.70. The van der Waals surface area contributed by atoms with Gasteiger partial charge in [0.1, 0.15) is 0 Å². The number of Topliss-reactive ketones (excluding diaryl/α,β-unsaturated/α-hetero) is 1. The highest BCUT2D eigenvalue weighted by Crippen LogP contribution is 2.30. The van der Waals surface area contributed by atoms with Crippen LogP contribution in [-0.2, 0) is 14.3 Å². The SMILES string of the molecule is COC(=O)[C@@]1(CC(=O)c2ccc(Cl)cc2Cl)NC(=S)NC(=O)[C@@H]1C#N. The largest absolute Gasteiger partial charge is 0.467 e. The smallest absolute Gasteiger partial charge is 0.334 e. The summed E-state index contributed by atoms with van der Waals surface area (Å²) in [4.78, 5) is 37.1. The normalized spacial score (nSPS) is 22.4. The third kappa shape index (κ3) is 3.58. The highest BCUT2D eigenvalue weighted by Gasteiger charge is 2.55. The van der Waals surface area contributed by atoms with E-state index in [2.05, 4.69) is 10.6 Å². The van der Waals surface area contributed by atoms with Gasteiger partial charge in [0.25, 0.3) is 0 Å². The molecule has 2 N–H and O–H groups in total. The summed E-state index contributed by atoms with van der Waals surface area (Å²) >= 11 is 16.7. The number of ether oxygens (including phenoxy) is 1. The quantitative estimate of drug-likeness (QED) is 0.449. The Morgan fingerprint density at radius 3 is 2.68 bits per heavy atom. The van der Waals surface area contributed by atoms with Gasteiger partial charge < -0.3 is 15.4 Å². The van der Waals surface area contributed by atoms with E-state index >= 15 is 0 Å². The molecule has 2 rings (SSSR count). The van der Waals surface area contributed by atoms with E-state index in [4.69, 9.17) is 40.2 Å². The third-order valence-corrected chi connectivity index (χ3v) is 4.43. The molecule has 130 valence electrons. The second-order valence-electron chi connectivity index (χ2n) is 5.19. The van der Waals surface area contributed by atoms with E-state index < -0.39 is 35.5 Å². The molecule has 1 aromatic rings. The van der Waals surface area contributed by atoms with Crippen molar-refractivity contribution >= 4 is 58.2 Å². The Balaban J connectivity index is 2.49. The number of methoxy groups -OCH3 is 1. The van der Waals surface area contributed by atoms with E-state index in [1.54, 1.807) is 6.07 Å². The number of nitriles is 1. The Kier molecular flexibility index (Phi) is 5.62. The predicted molar refractivity (Wildman–Crippen MR) is 93.1 cm³/mol. The molecule has 1 heterocycles. The molecule has 0 aromatic heterocycles. The van der Waals surface area contributed by atoms with Crippen LogP contribution in [0.15, 0.2) is 18.2 Å². The van der Waals surface area contributed by atoms with Crippen LogP contribution in [0.2, 0.25) is 10.0 Å². The number of halogens is 2. The van der Waals surface area contributed by atoms with Crippen molar-refractivity contribution in [3.8, 4) is 6.07 Å². The van der Waals surface area contributed by atoms with Crippen LogP contribution >= 0.6 is 35.4 Å². The number of carbonyl (C=O) groups is 3. The lowest BCUT2D eigenvalue weighted by atomic mass is 9.77. The zero-order valence-corrected chi connectivity index (χ0v) is 15.1. The van der Waals surface area contributed by atoms with E-state index in [1.807, 2.05) is 0 Å². The van der Waals surface area contributed by atoms with Crippen LogP contribution in [0.5, 0.6) is 0 Å². The van der Waals surface area contributed by atoms with E-state index in [0.29, 0.717) is 5.02 Å². The standard InChI is InChI=1S/C15H11Cl2N3O4S/c1-24-13(23)15(9(6-18)12(22)19-14(25)20-15)5-11(21)8-3-2-7(16)4-10(8)17/h2-4,9H,5H2,1H3,(H2,19,20,22,25)/t9-,15-/m0/s1. The Labute approximate surface area is 158 Å². The molecule has 10 heteroatoms. The van der Waals surface area contributed by atoms with Gasteiger partial charge in [-0.25, -0.2) is 4.79 Å². The molecule has 0 radical (unpaired) electrons. The fraction of sp³-hybridized carbons (Fsp3) is 0.267. The van der Waals surface area contributed by atoms with Gasteiger partial charge in [-0.2, -0.15) is 5.26 Å². The minimum atomic E-state index is -1.96. The molecule has 1 aliphatic heterocycles. The number of hydrogen-bond donors (Lipinski definition) is 2. The van der Waals surface area contributed by atoms with Crippen molar-refractivity contribution in [3.05, 3.63) is 33.8 Å². The summed E-state index contributed by atoms with van der Waals surface area (Å²) in [5.41, 5.74) is -1.87. The molecule has 0 aliphatic carbocycles. The van der Waals surface area contributed by atoms with Crippen LogP contribution in [0, 0.1) is 17.2 Å². The van der Waals surface area contributed by atoms with Gasteiger partial charge >= 0.3 is 5.97 Å². The number of esters is 1. The van der Waals surface area contributed by atoms with Gasteiger partial charge in [-0.1, -0.05) is 23.2 Å². The summed E-state index contributed by atoms with van der Waals surface area (Å²) in [5, 5.41) is 14.4. The first-order valence-electron chi connectivity index (χ1n) is 6.84. The molecule has 1 fully saturated rings. The fourth-order valence-electron chi connectivity index (χ4n) is 2.52. The Hall–Kier alpha value is -2.21. The predicted octanol–water partition coefficient (Wildman–Crippen LogP) is 1.62. The summed E-state index contributed by atoms with van der Waals surface area (Å²) in [7, 11) is 1.08. The summed E-state index contributed by atoms with van der Waals surface area (Å²) in [5.74, 6) is -3.87. The van der Waals surface area contributed by atoms with Crippen molar-refractivity contribution in [1.82, 2.24) is 10.6 Å². The molecule has 2 atom stereocenters. The van der Waals surface area contributed by atoms with E-state index in [1.165, 1.54) is 18.2 Å². The number of nitrogens with one attached hydrogen (secondary N) is 2. The fourth-order valence-corrected chi connectivity index (χ4v) is 3.31. The molecule has 1 amide bonds. The second kappa shape index (κ2) is 7.35. The highest BCUT2D eigenvalue weighted by molar-refractivity contribution is 7.80. The first-order valence-corrected chi connectivity index (χ1v) is 8.01. The maximum Gasteiger partial charge on any atom is 0.334 e. The van der Waals surface area contributed by atoms with Gasteiger partial charge in [0, 0.05) is 17.0 Å².